The van der Waals surface area contributed by atoms with Gasteiger partial charge in [-0.2, -0.15) is 0 Å². The van der Waals surface area contributed by atoms with E-state index in [1.165, 1.54) is 0 Å². The standard InChI is InChI=1S/C22H25N3O3/c1-14(2)23-20(26)12-15-6-10-18(11-7-15)24-22(28)17-4-3-5-19(13-17)25-21(27)16-8-9-16/h3-7,10-11,13-14,16H,8-9,12H2,1-2H3,(H,23,26)(H,24,28)(H,25,27). The van der Waals surface area contributed by atoms with Crippen molar-refractivity contribution in [2.24, 2.45) is 5.92 Å². The summed E-state index contributed by atoms with van der Waals surface area (Å²) in [6, 6.07) is 14.2. The van der Waals surface area contributed by atoms with Crippen molar-refractivity contribution in [3.05, 3.63) is 59.7 Å². The van der Waals surface area contributed by atoms with Crippen LogP contribution in [0.25, 0.3) is 0 Å². The number of carbonyl (C=O) groups is 3. The van der Waals surface area contributed by atoms with Gasteiger partial charge in [-0.05, 0) is 62.6 Å². The van der Waals surface area contributed by atoms with Gasteiger partial charge in [-0.3, -0.25) is 14.4 Å². The second kappa shape index (κ2) is 8.69. The fraction of sp³-hybridized carbons (Fsp3) is 0.318. The van der Waals surface area contributed by atoms with Gasteiger partial charge in [0.15, 0.2) is 0 Å². The van der Waals surface area contributed by atoms with Crippen LogP contribution in [-0.2, 0) is 16.0 Å². The van der Waals surface area contributed by atoms with Crippen LogP contribution in [0.3, 0.4) is 0 Å². The maximum absolute atomic E-state index is 12.5. The van der Waals surface area contributed by atoms with Crippen LogP contribution in [0.1, 0.15) is 42.6 Å². The van der Waals surface area contributed by atoms with Gasteiger partial charge in [-0.25, -0.2) is 0 Å². The summed E-state index contributed by atoms with van der Waals surface area (Å²) in [7, 11) is 0. The van der Waals surface area contributed by atoms with Gasteiger partial charge >= 0.3 is 0 Å². The normalized spacial score (nSPS) is 13.1. The number of nitrogens with one attached hydrogen (secondary N) is 3. The van der Waals surface area contributed by atoms with Crippen molar-refractivity contribution in [3.8, 4) is 0 Å². The van der Waals surface area contributed by atoms with E-state index >= 15 is 0 Å². The molecule has 0 spiro atoms. The summed E-state index contributed by atoms with van der Waals surface area (Å²) in [6.07, 6.45) is 2.16. The molecule has 0 aromatic heterocycles. The van der Waals surface area contributed by atoms with Gasteiger partial charge in [0.1, 0.15) is 0 Å². The second-order valence-corrected chi connectivity index (χ2v) is 7.39. The Hall–Kier alpha value is -3.15. The largest absolute Gasteiger partial charge is 0.354 e. The van der Waals surface area contributed by atoms with Crippen LogP contribution >= 0.6 is 0 Å². The first kappa shape index (κ1) is 19.6. The Kier molecular flexibility index (Phi) is 6.09. The summed E-state index contributed by atoms with van der Waals surface area (Å²) in [5, 5.41) is 8.53. The van der Waals surface area contributed by atoms with Crippen LogP contribution in [0.15, 0.2) is 48.5 Å². The minimum Gasteiger partial charge on any atom is -0.354 e. The average Bonchev–Trinajstić information content (AvgIpc) is 3.48. The molecule has 0 bridgehead atoms. The molecule has 0 saturated heterocycles. The first-order chi connectivity index (χ1) is 13.4. The molecule has 2 aromatic rings. The van der Waals surface area contributed by atoms with Crippen molar-refractivity contribution in [1.82, 2.24) is 5.32 Å². The lowest BCUT2D eigenvalue weighted by Gasteiger charge is -2.10. The lowest BCUT2D eigenvalue weighted by atomic mass is 10.1. The van der Waals surface area contributed by atoms with E-state index in [9.17, 15) is 14.4 Å². The molecule has 0 aliphatic heterocycles. The number of rotatable bonds is 7. The van der Waals surface area contributed by atoms with Crippen molar-refractivity contribution < 1.29 is 14.4 Å². The highest BCUT2D eigenvalue weighted by atomic mass is 16.2. The topological polar surface area (TPSA) is 87.3 Å². The van der Waals surface area contributed by atoms with Crippen molar-refractivity contribution in [2.45, 2.75) is 39.2 Å². The molecule has 1 saturated carbocycles. The van der Waals surface area contributed by atoms with Gasteiger partial charge in [0.25, 0.3) is 5.91 Å². The highest BCUT2D eigenvalue weighted by Gasteiger charge is 2.29. The Morgan fingerprint density at radius 2 is 1.68 bits per heavy atom. The molecule has 0 heterocycles. The van der Waals surface area contributed by atoms with Crippen LogP contribution in [0.5, 0.6) is 0 Å². The van der Waals surface area contributed by atoms with Gasteiger partial charge in [0.2, 0.25) is 11.8 Å². The fourth-order valence-electron chi connectivity index (χ4n) is 2.80. The molecule has 3 amide bonds. The third kappa shape index (κ3) is 5.67. The molecule has 0 atom stereocenters. The van der Waals surface area contributed by atoms with Crippen LogP contribution in [-0.4, -0.2) is 23.8 Å². The monoisotopic (exact) mass is 379 g/mol. The molecule has 1 fully saturated rings. The summed E-state index contributed by atoms with van der Waals surface area (Å²) < 4.78 is 0. The average molecular weight is 379 g/mol. The molecule has 1 aliphatic carbocycles. The van der Waals surface area contributed by atoms with Crippen molar-refractivity contribution in [3.63, 3.8) is 0 Å². The summed E-state index contributed by atoms with van der Waals surface area (Å²) >= 11 is 0. The number of anilines is 2. The fourth-order valence-corrected chi connectivity index (χ4v) is 2.80. The summed E-state index contributed by atoms with van der Waals surface area (Å²) in [4.78, 5) is 36.2. The van der Waals surface area contributed by atoms with Crippen molar-refractivity contribution in [1.29, 1.82) is 0 Å². The minimum atomic E-state index is -0.257. The summed E-state index contributed by atoms with van der Waals surface area (Å²) in [5.74, 6) is -0.169. The maximum Gasteiger partial charge on any atom is 0.255 e. The number of benzene rings is 2. The molecule has 3 rings (SSSR count). The Labute approximate surface area is 164 Å². The molecule has 0 radical (unpaired) electrons. The third-order valence-electron chi connectivity index (χ3n) is 4.37. The molecule has 3 N–H and O–H groups in total. The van der Waals surface area contributed by atoms with Crippen LogP contribution < -0.4 is 16.0 Å². The molecular formula is C22H25N3O3. The van der Waals surface area contributed by atoms with E-state index in [-0.39, 0.29) is 29.7 Å². The van der Waals surface area contributed by atoms with Crippen molar-refractivity contribution >= 4 is 29.1 Å². The predicted octanol–water partition coefficient (Wildman–Crippen LogP) is 3.35. The zero-order chi connectivity index (χ0) is 20.1. The molecule has 146 valence electrons. The van der Waals surface area contributed by atoms with E-state index in [1.807, 2.05) is 26.0 Å². The first-order valence-electron chi connectivity index (χ1n) is 9.51. The van der Waals surface area contributed by atoms with E-state index in [2.05, 4.69) is 16.0 Å². The first-order valence-corrected chi connectivity index (χ1v) is 9.51. The highest BCUT2D eigenvalue weighted by Crippen LogP contribution is 2.30. The molecule has 28 heavy (non-hydrogen) atoms. The van der Waals surface area contributed by atoms with Gasteiger partial charge in [-0.15, -0.1) is 0 Å². The molecule has 1 aliphatic rings. The van der Waals surface area contributed by atoms with E-state index in [0.717, 1.165) is 18.4 Å². The Balaban J connectivity index is 1.58. The number of hydrogen-bond donors (Lipinski definition) is 3. The Bertz CT molecular complexity index is 871. The van der Waals surface area contributed by atoms with Gasteiger partial charge < -0.3 is 16.0 Å². The summed E-state index contributed by atoms with van der Waals surface area (Å²) in [6.45, 7) is 3.84. The zero-order valence-corrected chi connectivity index (χ0v) is 16.1. The Morgan fingerprint density at radius 1 is 0.964 bits per heavy atom. The smallest absolute Gasteiger partial charge is 0.255 e. The van der Waals surface area contributed by atoms with E-state index in [0.29, 0.717) is 23.4 Å². The molecule has 6 heteroatoms. The van der Waals surface area contributed by atoms with E-state index < -0.39 is 0 Å². The molecule has 6 nitrogen and oxygen atoms in total. The Morgan fingerprint density at radius 3 is 2.32 bits per heavy atom. The van der Waals surface area contributed by atoms with Crippen LogP contribution in [0.4, 0.5) is 11.4 Å². The lowest BCUT2D eigenvalue weighted by Crippen LogP contribution is -2.31. The van der Waals surface area contributed by atoms with Crippen LogP contribution in [0.2, 0.25) is 0 Å². The quantitative estimate of drug-likeness (QED) is 0.689. The number of hydrogen-bond acceptors (Lipinski definition) is 3. The van der Waals surface area contributed by atoms with E-state index in [1.54, 1.807) is 36.4 Å². The minimum absolute atomic E-state index is 0.00894. The predicted molar refractivity (Wildman–Crippen MR) is 109 cm³/mol. The zero-order valence-electron chi connectivity index (χ0n) is 16.1. The SMILES string of the molecule is CC(C)NC(=O)Cc1ccc(NC(=O)c2cccc(NC(=O)C3CC3)c2)cc1. The lowest BCUT2D eigenvalue weighted by molar-refractivity contribution is -0.121. The number of carbonyl (C=O) groups excluding carboxylic acids is 3. The molecular weight excluding hydrogens is 354 g/mol. The molecule has 2 aromatic carbocycles. The number of amides is 3. The molecule has 0 unspecified atom stereocenters. The van der Waals surface area contributed by atoms with Gasteiger partial charge in [0, 0.05) is 28.9 Å². The highest BCUT2D eigenvalue weighted by molar-refractivity contribution is 6.05. The van der Waals surface area contributed by atoms with Gasteiger partial charge in [-0.1, -0.05) is 18.2 Å². The van der Waals surface area contributed by atoms with Crippen LogP contribution in [0, 0.1) is 5.92 Å². The maximum atomic E-state index is 12.5. The third-order valence-corrected chi connectivity index (χ3v) is 4.37. The second-order valence-electron chi connectivity index (χ2n) is 7.39. The van der Waals surface area contributed by atoms with Crippen molar-refractivity contribution in [2.75, 3.05) is 10.6 Å². The summed E-state index contributed by atoms with van der Waals surface area (Å²) in [5.41, 5.74) is 2.61. The van der Waals surface area contributed by atoms with Gasteiger partial charge in [0.05, 0.1) is 6.42 Å². The van der Waals surface area contributed by atoms with E-state index in [4.69, 9.17) is 0 Å².